The number of benzene rings is 2. The number of methoxy groups -OCH3 is 1. The lowest BCUT2D eigenvalue weighted by molar-refractivity contribution is 0.281. The molecule has 2 nitrogen and oxygen atoms in total. The van der Waals surface area contributed by atoms with Gasteiger partial charge < -0.3 is 9.47 Å². The van der Waals surface area contributed by atoms with Crippen LogP contribution in [0, 0.1) is 13.8 Å². The summed E-state index contributed by atoms with van der Waals surface area (Å²) in [6.07, 6.45) is 0. The van der Waals surface area contributed by atoms with Gasteiger partial charge in [-0.25, -0.2) is 0 Å². The fourth-order valence-electron chi connectivity index (χ4n) is 2.14. The van der Waals surface area contributed by atoms with Crippen molar-refractivity contribution in [1.82, 2.24) is 0 Å². The number of hydrogen-bond acceptors (Lipinski definition) is 2. The third-order valence-corrected chi connectivity index (χ3v) is 4.16. The molecule has 4 heteroatoms. The van der Waals surface area contributed by atoms with Gasteiger partial charge in [0.25, 0.3) is 0 Å². The van der Waals surface area contributed by atoms with E-state index in [2.05, 4.69) is 48.0 Å². The molecule has 0 fully saturated rings. The summed E-state index contributed by atoms with van der Waals surface area (Å²) >= 11 is 9.55. The Morgan fingerprint density at radius 3 is 2.52 bits per heavy atom. The van der Waals surface area contributed by atoms with E-state index in [1.165, 1.54) is 16.7 Å². The Hall–Kier alpha value is -1.19. The number of halogens is 2. The minimum Gasteiger partial charge on any atom is -0.493 e. The summed E-state index contributed by atoms with van der Waals surface area (Å²) < 4.78 is 11.4. The second-order valence-electron chi connectivity index (χ2n) is 4.95. The van der Waals surface area contributed by atoms with Crippen molar-refractivity contribution >= 4 is 27.5 Å². The molecule has 0 saturated heterocycles. The zero-order valence-corrected chi connectivity index (χ0v) is 14.7. The lowest BCUT2D eigenvalue weighted by Crippen LogP contribution is -2.02. The third-order valence-electron chi connectivity index (χ3n) is 3.34. The molecule has 21 heavy (non-hydrogen) atoms. The molecule has 0 radical (unpaired) electrons. The number of hydrogen-bond donors (Lipinski definition) is 0. The molecule has 0 aromatic heterocycles. The standard InChI is InChI=1S/C17H18BrClO2/c1-11-4-5-12(2)14(6-11)10-21-17-13(9-18)7-15(19)8-16(17)20-3/h4-8H,9-10H2,1-3H3. The maximum atomic E-state index is 6.09. The fraction of sp³-hybridized carbons (Fsp3) is 0.294. The highest BCUT2D eigenvalue weighted by molar-refractivity contribution is 9.08. The topological polar surface area (TPSA) is 18.5 Å². The Morgan fingerprint density at radius 1 is 1.10 bits per heavy atom. The summed E-state index contributed by atoms with van der Waals surface area (Å²) in [6, 6.07) is 10.0. The average molecular weight is 370 g/mol. The molecule has 0 atom stereocenters. The van der Waals surface area contributed by atoms with Crippen LogP contribution in [-0.2, 0) is 11.9 Å². The SMILES string of the molecule is COc1cc(Cl)cc(CBr)c1OCc1cc(C)ccc1C. The Balaban J connectivity index is 2.29. The van der Waals surface area contributed by atoms with Gasteiger partial charge in [-0.15, -0.1) is 0 Å². The lowest BCUT2D eigenvalue weighted by atomic mass is 10.1. The van der Waals surface area contributed by atoms with E-state index < -0.39 is 0 Å². The van der Waals surface area contributed by atoms with Gasteiger partial charge in [-0.3, -0.25) is 0 Å². The van der Waals surface area contributed by atoms with Gasteiger partial charge in [-0.05, 0) is 31.0 Å². The highest BCUT2D eigenvalue weighted by atomic mass is 79.9. The van der Waals surface area contributed by atoms with Gasteiger partial charge in [0.05, 0.1) is 7.11 Å². The highest BCUT2D eigenvalue weighted by Crippen LogP contribution is 2.36. The van der Waals surface area contributed by atoms with Gasteiger partial charge >= 0.3 is 0 Å². The first kappa shape index (κ1) is 16.2. The third kappa shape index (κ3) is 3.92. The number of alkyl halides is 1. The average Bonchev–Trinajstić information content (AvgIpc) is 2.48. The zero-order valence-electron chi connectivity index (χ0n) is 12.4. The molecule has 0 amide bonds. The Kier molecular flexibility index (Phi) is 5.54. The molecule has 0 aliphatic rings. The van der Waals surface area contributed by atoms with Crippen molar-refractivity contribution in [2.24, 2.45) is 0 Å². The molecule has 112 valence electrons. The quantitative estimate of drug-likeness (QED) is 0.653. The number of rotatable bonds is 5. The fourth-order valence-corrected chi connectivity index (χ4v) is 2.79. The van der Waals surface area contributed by atoms with Crippen molar-refractivity contribution in [2.75, 3.05) is 7.11 Å². The van der Waals surface area contributed by atoms with E-state index >= 15 is 0 Å². The summed E-state index contributed by atoms with van der Waals surface area (Å²) in [5.41, 5.74) is 4.59. The van der Waals surface area contributed by atoms with Crippen molar-refractivity contribution in [2.45, 2.75) is 25.8 Å². The predicted molar refractivity (Wildman–Crippen MR) is 90.9 cm³/mol. The van der Waals surface area contributed by atoms with Crippen LogP contribution in [0.5, 0.6) is 11.5 Å². The number of ether oxygens (including phenoxy) is 2. The minimum absolute atomic E-state index is 0.505. The first-order chi connectivity index (χ1) is 10.0. The van der Waals surface area contributed by atoms with Gasteiger partial charge in [-0.1, -0.05) is 51.3 Å². The monoisotopic (exact) mass is 368 g/mol. The summed E-state index contributed by atoms with van der Waals surface area (Å²) in [7, 11) is 1.62. The Morgan fingerprint density at radius 2 is 1.86 bits per heavy atom. The van der Waals surface area contributed by atoms with E-state index in [1.807, 2.05) is 6.07 Å². The van der Waals surface area contributed by atoms with Gasteiger partial charge in [0.1, 0.15) is 6.61 Å². The van der Waals surface area contributed by atoms with E-state index in [1.54, 1.807) is 13.2 Å². The van der Waals surface area contributed by atoms with Crippen molar-refractivity contribution in [3.05, 3.63) is 57.6 Å². The van der Waals surface area contributed by atoms with Crippen LogP contribution in [0.2, 0.25) is 5.02 Å². The molecule has 0 N–H and O–H groups in total. The first-order valence-electron chi connectivity index (χ1n) is 6.66. The second-order valence-corrected chi connectivity index (χ2v) is 5.95. The van der Waals surface area contributed by atoms with Crippen LogP contribution in [0.15, 0.2) is 30.3 Å². The van der Waals surface area contributed by atoms with E-state index in [0.717, 1.165) is 11.3 Å². The van der Waals surface area contributed by atoms with E-state index in [0.29, 0.717) is 22.7 Å². The molecule has 0 spiro atoms. The smallest absolute Gasteiger partial charge is 0.165 e. The van der Waals surface area contributed by atoms with E-state index in [4.69, 9.17) is 21.1 Å². The van der Waals surface area contributed by atoms with Crippen molar-refractivity contribution < 1.29 is 9.47 Å². The van der Waals surface area contributed by atoms with Crippen LogP contribution in [0.3, 0.4) is 0 Å². The van der Waals surface area contributed by atoms with Crippen molar-refractivity contribution in [3.63, 3.8) is 0 Å². The zero-order chi connectivity index (χ0) is 15.4. The maximum Gasteiger partial charge on any atom is 0.165 e. The van der Waals surface area contributed by atoms with Crippen LogP contribution >= 0.6 is 27.5 Å². The normalized spacial score (nSPS) is 10.5. The molecule has 2 aromatic carbocycles. The largest absolute Gasteiger partial charge is 0.493 e. The summed E-state index contributed by atoms with van der Waals surface area (Å²) in [5, 5.41) is 1.30. The molecule has 0 bridgehead atoms. The van der Waals surface area contributed by atoms with Gasteiger partial charge in [0, 0.05) is 22.0 Å². The summed E-state index contributed by atoms with van der Waals surface area (Å²) in [4.78, 5) is 0. The summed E-state index contributed by atoms with van der Waals surface area (Å²) in [5.74, 6) is 1.39. The maximum absolute atomic E-state index is 6.09. The molecule has 2 rings (SSSR count). The van der Waals surface area contributed by atoms with Gasteiger partial charge in [0.2, 0.25) is 0 Å². The predicted octanol–water partition coefficient (Wildman–Crippen LogP) is 5.44. The highest BCUT2D eigenvalue weighted by Gasteiger charge is 2.13. The lowest BCUT2D eigenvalue weighted by Gasteiger charge is -2.16. The molecular weight excluding hydrogens is 352 g/mol. The molecule has 2 aromatic rings. The summed E-state index contributed by atoms with van der Waals surface area (Å²) in [6.45, 7) is 4.67. The van der Waals surface area contributed by atoms with E-state index in [9.17, 15) is 0 Å². The number of aryl methyl sites for hydroxylation is 2. The van der Waals surface area contributed by atoms with Crippen LogP contribution in [0.4, 0.5) is 0 Å². The molecule has 0 heterocycles. The van der Waals surface area contributed by atoms with Gasteiger partial charge in [0.15, 0.2) is 11.5 Å². The second kappa shape index (κ2) is 7.19. The molecule has 0 aliphatic carbocycles. The van der Waals surface area contributed by atoms with Gasteiger partial charge in [-0.2, -0.15) is 0 Å². The molecular formula is C17H18BrClO2. The van der Waals surface area contributed by atoms with E-state index in [-0.39, 0.29) is 0 Å². The van der Waals surface area contributed by atoms with Crippen LogP contribution in [0.25, 0.3) is 0 Å². The molecule has 0 saturated carbocycles. The van der Waals surface area contributed by atoms with Crippen molar-refractivity contribution in [1.29, 1.82) is 0 Å². The Labute approximate surface area is 139 Å². The molecule has 0 aliphatic heterocycles. The van der Waals surface area contributed by atoms with Crippen molar-refractivity contribution in [3.8, 4) is 11.5 Å². The van der Waals surface area contributed by atoms with Crippen LogP contribution in [-0.4, -0.2) is 7.11 Å². The first-order valence-corrected chi connectivity index (χ1v) is 8.16. The van der Waals surface area contributed by atoms with Crippen LogP contribution in [0.1, 0.15) is 22.3 Å². The minimum atomic E-state index is 0.505. The molecule has 0 unspecified atom stereocenters. The van der Waals surface area contributed by atoms with Crippen LogP contribution < -0.4 is 9.47 Å². The Bertz CT molecular complexity index is 616.